The molecule has 0 aliphatic heterocycles. The van der Waals surface area contributed by atoms with Crippen LogP contribution in [0.25, 0.3) is 0 Å². The predicted molar refractivity (Wildman–Crippen MR) is 232 cm³/mol. The molecule has 1 heteroatoms. The molecule has 1 aromatic carbocycles. The van der Waals surface area contributed by atoms with Gasteiger partial charge in [0.2, 0.25) is 0 Å². The van der Waals surface area contributed by atoms with Crippen molar-refractivity contribution >= 4 is 15.9 Å². The number of hydrogen-bond acceptors (Lipinski definition) is 0. The van der Waals surface area contributed by atoms with E-state index in [2.05, 4.69) is 143 Å². The van der Waals surface area contributed by atoms with Crippen LogP contribution in [0.4, 0.5) is 0 Å². The van der Waals surface area contributed by atoms with Gasteiger partial charge in [0.1, 0.15) is 0 Å². The average molecular weight is 732 g/mol. The number of aryl methyl sites for hydroxylation is 1. The first kappa shape index (κ1) is 53.5. The van der Waals surface area contributed by atoms with Crippen molar-refractivity contribution < 1.29 is 0 Å². The highest BCUT2D eigenvalue weighted by molar-refractivity contribution is 9.08. The molecule has 0 amide bonds. The summed E-state index contributed by atoms with van der Waals surface area (Å²) in [6.07, 6.45) is 19.4. The van der Waals surface area contributed by atoms with E-state index < -0.39 is 0 Å². The van der Waals surface area contributed by atoms with Crippen molar-refractivity contribution in [1.82, 2.24) is 0 Å². The Labute approximate surface area is 314 Å². The number of allylic oxidation sites excluding steroid dienone is 4. The Morgan fingerprint density at radius 1 is 0.750 bits per heavy atom. The Morgan fingerprint density at radius 3 is 1.65 bits per heavy atom. The Kier molecular flexibility index (Phi) is 33.9. The summed E-state index contributed by atoms with van der Waals surface area (Å²) in [5.74, 6) is 5.47. The van der Waals surface area contributed by atoms with E-state index in [1.54, 1.807) is 5.57 Å². The lowest BCUT2D eigenvalue weighted by atomic mass is 9.50. The first-order chi connectivity index (χ1) is 22.8. The third kappa shape index (κ3) is 18.6. The highest BCUT2D eigenvalue weighted by atomic mass is 79.9. The number of benzene rings is 1. The average Bonchev–Trinajstić information content (AvgIpc) is 3.42. The zero-order chi connectivity index (χ0) is 38.6. The molecule has 4 aliphatic rings. The van der Waals surface area contributed by atoms with E-state index in [1.807, 2.05) is 57.3 Å². The van der Waals surface area contributed by atoms with Gasteiger partial charge in [-0.25, -0.2) is 0 Å². The van der Waals surface area contributed by atoms with E-state index in [0.29, 0.717) is 16.2 Å². The Morgan fingerprint density at radius 2 is 1.23 bits per heavy atom. The van der Waals surface area contributed by atoms with E-state index in [0.717, 1.165) is 23.7 Å². The summed E-state index contributed by atoms with van der Waals surface area (Å²) < 4.78 is 0. The van der Waals surface area contributed by atoms with Crippen LogP contribution >= 0.6 is 15.9 Å². The molecule has 6 unspecified atom stereocenters. The molecule has 0 radical (unpaired) electrons. The van der Waals surface area contributed by atoms with Gasteiger partial charge in [-0.2, -0.15) is 0 Å². The summed E-state index contributed by atoms with van der Waals surface area (Å²) in [7, 11) is 0. The number of alkyl halides is 1. The molecule has 3 fully saturated rings. The molecule has 4 aliphatic carbocycles. The minimum atomic E-state index is 0.500. The first-order valence-electron chi connectivity index (χ1n) is 19.6. The second-order valence-electron chi connectivity index (χ2n) is 15.2. The van der Waals surface area contributed by atoms with Gasteiger partial charge in [-0.15, -0.1) is 26.3 Å². The third-order valence-electron chi connectivity index (χ3n) is 9.59. The number of halogens is 1. The van der Waals surface area contributed by atoms with Crippen LogP contribution in [0.1, 0.15) is 167 Å². The highest BCUT2D eigenvalue weighted by Gasteiger charge is 2.55. The van der Waals surface area contributed by atoms with Gasteiger partial charge in [-0.05, 0) is 97.6 Å². The molecule has 0 bridgehead atoms. The van der Waals surface area contributed by atoms with E-state index in [1.165, 1.54) is 69.8 Å². The standard InChI is InChI=1S/C23H36.C7H8.C5H12.C3H8.2C2H6.2C2H4.CH3Br/c1-5-6-17-8-10-20-19-9-7-18-15-16(2)11-13-23(18,4)21(19)12-14-22(17,20)3;1-7-5-3-2-4-6-7;1-5(2,3)4;1-3-2;5*1-2/h7,9,16-17,20-21H,5-6,8,10-15H2,1-4H3;2-6H,1H3;1-4H3;3H2,1-2H3;2*1-2H3;2*1-2H2;1H3. The number of rotatable bonds is 2. The monoisotopic (exact) mass is 731 g/mol. The molecular formula is C47H87Br. The Hall–Kier alpha value is -1.34. The van der Waals surface area contributed by atoms with Gasteiger partial charge >= 0.3 is 0 Å². The fourth-order valence-electron chi connectivity index (χ4n) is 7.65. The Balaban J connectivity index is -0.000000321. The van der Waals surface area contributed by atoms with E-state index in [4.69, 9.17) is 0 Å². The van der Waals surface area contributed by atoms with Crippen molar-refractivity contribution in [2.45, 2.75) is 168 Å². The molecule has 0 spiro atoms. The maximum Gasteiger partial charge on any atom is -0.00474 e. The van der Waals surface area contributed by atoms with Gasteiger partial charge in [0.25, 0.3) is 0 Å². The van der Waals surface area contributed by atoms with Crippen LogP contribution in [-0.4, -0.2) is 5.83 Å². The van der Waals surface area contributed by atoms with Crippen LogP contribution in [-0.2, 0) is 0 Å². The topological polar surface area (TPSA) is 0 Å². The van der Waals surface area contributed by atoms with E-state index in [9.17, 15) is 0 Å². The summed E-state index contributed by atoms with van der Waals surface area (Å²) in [5.41, 5.74) is 6.60. The molecule has 48 heavy (non-hydrogen) atoms. The van der Waals surface area contributed by atoms with Crippen LogP contribution in [0, 0.1) is 46.8 Å². The van der Waals surface area contributed by atoms with Crippen molar-refractivity contribution in [3.63, 3.8) is 0 Å². The predicted octanol–water partition coefficient (Wildman–Crippen LogP) is 17.1. The lowest BCUT2D eigenvalue weighted by molar-refractivity contribution is 0.0620. The molecule has 0 aromatic heterocycles. The summed E-state index contributed by atoms with van der Waals surface area (Å²) in [5, 5.41) is 0. The second kappa shape index (κ2) is 30.5. The molecule has 0 heterocycles. The quantitative estimate of drug-likeness (QED) is 0.210. The molecule has 0 N–H and O–H groups in total. The van der Waals surface area contributed by atoms with Crippen molar-refractivity contribution in [3.05, 3.63) is 85.5 Å². The summed E-state index contributed by atoms with van der Waals surface area (Å²) in [4.78, 5) is 0. The fraction of sp³-hybridized carbons (Fsp3) is 0.702. The fourth-order valence-corrected chi connectivity index (χ4v) is 7.65. The molecule has 1 aromatic rings. The SMILES string of the molecule is C=C.C=C.CBr.CC.CC.CC(C)(C)C.CCC.CCCC1CCC2C3=CC=C4CC(C)CCC4(C)C3CCC12C.Cc1ccccc1. The number of hydrogen-bond donors (Lipinski definition) is 0. The molecule has 5 rings (SSSR count). The van der Waals surface area contributed by atoms with Crippen molar-refractivity contribution in [1.29, 1.82) is 0 Å². The maximum atomic E-state index is 3.00. The smallest absolute Gasteiger partial charge is 0.00474 e. The van der Waals surface area contributed by atoms with E-state index in [-0.39, 0.29) is 0 Å². The van der Waals surface area contributed by atoms with Crippen molar-refractivity contribution in [2.75, 3.05) is 5.83 Å². The zero-order valence-electron chi connectivity index (χ0n) is 35.6. The van der Waals surface area contributed by atoms with Crippen LogP contribution in [0.2, 0.25) is 0 Å². The largest absolute Gasteiger partial charge is 0.106 e. The lowest BCUT2D eigenvalue weighted by Crippen LogP contribution is -2.45. The molecule has 0 nitrogen and oxygen atoms in total. The molecular weight excluding hydrogens is 644 g/mol. The summed E-state index contributed by atoms with van der Waals surface area (Å²) >= 11 is 2.94. The van der Waals surface area contributed by atoms with Crippen LogP contribution < -0.4 is 0 Å². The highest BCUT2D eigenvalue weighted by Crippen LogP contribution is 2.65. The maximum absolute atomic E-state index is 3.00. The molecule has 3 saturated carbocycles. The molecule has 0 saturated heterocycles. The minimum absolute atomic E-state index is 0.500. The zero-order valence-corrected chi connectivity index (χ0v) is 37.2. The summed E-state index contributed by atoms with van der Waals surface area (Å²) in [6.45, 7) is 45.2. The van der Waals surface area contributed by atoms with Crippen LogP contribution in [0.15, 0.2) is 79.9 Å². The van der Waals surface area contributed by atoms with Gasteiger partial charge in [0, 0.05) is 0 Å². The van der Waals surface area contributed by atoms with Crippen molar-refractivity contribution in [2.24, 2.45) is 39.9 Å². The van der Waals surface area contributed by atoms with Gasteiger partial charge < -0.3 is 0 Å². The minimum Gasteiger partial charge on any atom is -0.106 e. The van der Waals surface area contributed by atoms with E-state index >= 15 is 0 Å². The van der Waals surface area contributed by atoms with Crippen LogP contribution in [0.3, 0.4) is 0 Å². The Bertz CT molecular complexity index is 910. The van der Waals surface area contributed by atoms with Gasteiger partial charge in [0.05, 0.1) is 0 Å². The molecule has 6 atom stereocenters. The normalized spacial score (nSPS) is 26.9. The summed E-state index contributed by atoms with van der Waals surface area (Å²) in [6, 6.07) is 10.3. The van der Waals surface area contributed by atoms with Gasteiger partial charge in [-0.3, -0.25) is 0 Å². The van der Waals surface area contributed by atoms with Crippen LogP contribution in [0.5, 0.6) is 0 Å². The van der Waals surface area contributed by atoms with Gasteiger partial charge in [0.15, 0.2) is 0 Å². The van der Waals surface area contributed by atoms with Crippen molar-refractivity contribution in [3.8, 4) is 0 Å². The number of fused-ring (bicyclic) bond motifs is 5. The lowest BCUT2D eigenvalue weighted by Gasteiger charge is -2.55. The van der Waals surface area contributed by atoms with Gasteiger partial charge in [-0.1, -0.05) is 191 Å². The first-order valence-corrected chi connectivity index (χ1v) is 21.2. The third-order valence-corrected chi connectivity index (χ3v) is 9.59. The second-order valence-corrected chi connectivity index (χ2v) is 15.2. The molecule has 282 valence electrons.